The zero-order valence-electron chi connectivity index (χ0n) is 57.9. The number of imidazole rings is 3. The lowest BCUT2D eigenvalue weighted by atomic mass is 9.82. The van der Waals surface area contributed by atoms with E-state index < -0.39 is 0 Å². The molecule has 0 spiro atoms. The molecule has 502 valence electrons. The summed E-state index contributed by atoms with van der Waals surface area (Å²) in [7, 11) is -0.313. The smallest absolute Gasteiger partial charge is 0.399 e. The summed E-state index contributed by atoms with van der Waals surface area (Å²) in [6.45, 7) is 34.7. The van der Waals surface area contributed by atoms with E-state index in [0.717, 1.165) is 33.5 Å². The third-order valence-electron chi connectivity index (χ3n) is 16.5. The molecule has 27 heteroatoms. The van der Waals surface area contributed by atoms with Crippen LogP contribution in [0.15, 0.2) is 157 Å². The first-order valence-corrected chi connectivity index (χ1v) is 32.8. The van der Waals surface area contributed by atoms with Gasteiger partial charge in [0.25, 0.3) is 11.1 Å². The molecule has 97 heavy (non-hydrogen) atoms. The molecule has 1 aliphatic heterocycles. The highest BCUT2D eigenvalue weighted by molar-refractivity contribution is 6.62. The van der Waals surface area contributed by atoms with Crippen LogP contribution in [0.2, 0.25) is 5.15 Å². The molecule has 0 radical (unpaired) electrons. The molecule has 0 bridgehead atoms. The van der Waals surface area contributed by atoms with Crippen LogP contribution >= 0.6 is 11.6 Å². The molecule has 2 N–H and O–H groups in total. The van der Waals surface area contributed by atoms with Crippen LogP contribution < -0.4 is 16.6 Å². The van der Waals surface area contributed by atoms with E-state index in [9.17, 15) is 9.59 Å². The van der Waals surface area contributed by atoms with Crippen molar-refractivity contribution in [3.8, 4) is 74.9 Å². The van der Waals surface area contributed by atoms with Gasteiger partial charge in [0.1, 0.15) is 22.2 Å². The second kappa shape index (κ2) is 29.4. The van der Waals surface area contributed by atoms with Gasteiger partial charge in [-0.05, 0) is 130 Å². The quantitative estimate of drug-likeness (QED) is 0.0712. The van der Waals surface area contributed by atoms with E-state index >= 15 is 0 Å². The number of aromatic nitrogens is 21. The maximum Gasteiger partial charge on any atom is 0.498 e. The minimum atomic E-state index is -0.313. The average Bonchev–Trinajstić information content (AvgIpc) is 1.67. The van der Waals surface area contributed by atoms with Crippen molar-refractivity contribution >= 4 is 24.2 Å². The second-order valence-electron chi connectivity index (χ2n) is 26.1. The predicted molar refractivity (Wildman–Crippen MR) is 376 cm³/mol. The minimum absolute atomic E-state index is 0.00995. The predicted octanol–water partition coefficient (Wildman–Crippen LogP) is 12.7. The first kappa shape index (κ1) is 69.6. The SMILES string of the molecule is CC(C)c1c(-c2cnn(C(C)C)c2)nc(-n2ccnc2-c2ccccn2)[nH]c1=O.CC(C)c1c(-c2cnn(C(C)C)c2)nc(-n2ccnc2-c2ccccn2)[nH]c1=O.CC(C)n1cc(B2OC(C)(C)C(C)(C)O2)cn1.Cc1nc(-n2ccnc2-c2ccccn2)nc(Cl)c1C(C)C. The zero-order chi connectivity index (χ0) is 69.6. The molecule has 25 nitrogen and oxygen atoms in total. The van der Waals surface area contributed by atoms with Crippen molar-refractivity contribution < 1.29 is 9.31 Å². The van der Waals surface area contributed by atoms with Crippen LogP contribution in [0, 0.1) is 6.92 Å². The van der Waals surface area contributed by atoms with E-state index in [2.05, 4.69) is 148 Å². The van der Waals surface area contributed by atoms with Crippen molar-refractivity contribution in [3.63, 3.8) is 0 Å². The standard InChI is InChI=1S/2C21H23N7O.C16H16ClN5.C12H21BN2O2/c2*1-13(2)17-18(15-11-24-28(12-15)14(3)4)25-21(26-20(17)29)27-10-9-23-19(27)16-7-5-6-8-22-16;1-10(2)13-11(3)20-16(21-14(13)17)22-9-8-19-15(22)12-6-4-5-7-18-12;1-9(2)15-8-10(7-14-15)13-16-11(3,4)12(5,6)17-13/h2*5-14H,1-4H3,(H,25,26,29);4-10H,1-3H3;7-9H,1-6H3. The van der Waals surface area contributed by atoms with Crippen molar-refractivity contribution in [2.75, 3.05) is 0 Å². The summed E-state index contributed by atoms with van der Waals surface area (Å²) < 4.78 is 22.8. The molecule has 0 saturated carbocycles. The van der Waals surface area contributed by atoms with Crippen molar-refractivity contribution in [1.82, 2.24) is 103 Å². The van der Waals surface area contributed by atoms with Gasteiger partial charge in [-0.1, -0.05) is 71.3 Å². The monoisotopic (exact) mass is 1330 g/mol. The Kier molecular flexibility index (Phi) is 21.1. The van der Waals surface area contributed by atoms with Crippen molar-refractivity contribution in [3.05, 3.63) is 196 Å². The number of halogens is 1. The van der Waals surface area contributed by atoms with Crippen molar-refractivity contribution in [2.45, 2.75) is 165 Å². The lowest BCUT2D eigenvalue weighted by molar-refractivity contribution is 0.00578. The van der Waals surface area contributed by atoms with Crippen LogP contribution in [-0.4, -0.2) is 121 Å². The lowest BCUT2D eigenvalue weighted by Gasteiger charge is -2.32. The highest BCUT2D eigenvalue weighted by Gasteiger charge is 2.52. The fourth-order valence-electron chi connectivity index (χ4n) is 10.7. The molecule has 1 saturated heterocycles. The minimum Gasteiger partial charge on any atom is -0.399 e. The summed E-state index contributed by atoms with van der Waals surface area (Å²) >= 11 is 6.34. The van der Waals surface area contributed by atoms with E-state index in [4.69, 9.17) is 30.9 Å². The Labute approximate surface area is 569 Å². The van der Waals surface area contributed by atoms with E-state index in [-0.39, 0.29) is 59.3 Å². The van der Waals surface area contributed by atoms with Gasteiger partial charge in [0, 0.05) is 138 Å². The third kappa shape index (κ3) is 15.4. The molecule has 13 heterocycles. The van der Waals surface area contributed by atoms with Crippen molar-refractivity contribution in [1.29, 1.82) is 0 Å². The van der Waals surface area contributed by atoms with Crippen LogP contribution in [0.3, 0.4) is 0 Å². The number of H-pyrrole nitrogens is 2. The molecule has 13 rings (SSSR count). The number of rotatable bonds is 15. The van der Waals surface area contributed by atoms with E-state index in [1.165, 1.54) is 0 Å². The summed E-state index contributed by atoms with van der Waals surface area (Å²) in [5.74, 6) is 3.49. The molecule has 1 aliphatic rings. The molecule has 0 aliphatic carbocycles. The maximum atomic E-state index is 13.0. The Bertz CT molecular complexity index is 4500. The largest absolute Gasteiger partial charge is 0.498 e. The van der Waals surface area contributed by atoms with Crippen LogP contribution in [0.25, 0.3) is 74.9 Å². The molecular weight excluding hydrogens is 1250 g/mol. The summed E-state index contributed by atoms with van der Waals surface area (Å²) in [5.41, 5.74) is 8.23. The van der Waals surface area contributed by atoms with Gasteiger partial charge in [0.05, 0.1) is 35.0 Å². The highest BCUT2D eigenvalue weighted by Crippen LogP contribution is 2.37. The van der Waals surface area contributed by atoms with Gasteiger partial charge in [-0.2, -0.15) is 15.3 Å². The summed E-state index contributed by atoms with van der Waals surface area (Å²) in [5, 5.41) is 13.6. The van der Waals surface area contributed by atoms with Gasteiger partial charge >= 0.3 is 7.12 Å². The highest BCUT2D eigenvalue weighted by atomic mass is 35.5. The Hall–Kier alpha value is -10.2. The summed E-state index contributed by atoms with van der Waals surface area (Å²) in [4.78, 5) is 76.6. The zero-order valence-corrected chi connectivity index (χ0v) is 58.7. The number of hydrogen-bond acceptors (Lipinski definition) is 17. The fraction of sp³-hybridized carbons (Fsp3) is 0.357. The van der Waals surface area contributed by atoms with Gasteiger partial charge in [-0.3, -0.25) is 62.3 Å². The fourth-order valence-corrected chi connectivity index (χ4v) is 11.1. The van der Waals surface area contributed by atoms with Crippen molar-refractivity contribution in [2.24, 2.45) is 0 Å². The summed E-state index contributed by atoms with van der Waals surface area (Å²) in [6.07, 6.45) is 26.7. The molecule has 0 aromatic carbocycles. The molecule has 12 aromatic rings. The van der Waals surface area contributed by atoms with E-state index in [1.807, 2.05) is 134 Å². The number of pyridine rings is 3. The molecule has 0 atom stereocenters. The van der Waals surface area contributed by atoms with Crippen LogP contribution in [0.5, 0.6) is 0 Å². The van der Waals surface area contributed by atoms with Gasteiger partial charge in [-0.15, -0.1) is 0 Å². The Morgan fingerprint density at radius 2 is 0.845 bits per heavy atom. The number of hydrogen-bond donors (Lipinski definition) is 2. The molecular formula is C70H83BClN21O4. The van der Waals surface area contributed by atoms with Crippen LogP contribution in [-0.2, 0) is 9.31 Å². The van der Waals surface area contributed by atoms with Gasteiger partial charge in [0.2, 0.25) is 17.8 Å². The number of nitrogens with one attached hydrogen (secondary N) is 2. The Morgan fingerprint density at radius 1 is 0.464 bits per heavy atom. The molecule has 1 fully saturated rings. The second-order valence-corrected chi connectivity index (χ2v) is 26.5. The van der Waals surface area contributed by atoms with Crippen LogP contribution in [0.4, 0.5) is 0 Å². The molecule has 0 unspecified atom stereocenters. The maximum absolute atomic E-state index is 13.0. The van der Waals surface area contributed by atoms with Gasteiger partial charge < -0.3 is 9.31 Å². The normalized spacial score (nSPS) is 13.3. The summed E-state index contributed by atoms with van der Waals surface area (Å²) in [6, 6.07) is 17.7. The number of aromatic amines is 2. The topological polar surface area (TPSA) is 281 Å². The van der Waals surface area contributed by atoms with Gasteiger partial charge in [0.15, 0.2) is 17.5 Å². The molecule has 0 amide bonds. The first-order valence-electron chi connectivity index (χ1n) is 32.4. The number of nitrogens with zero attached hydrogens (tertiary/aromatic N) is 19. The lowest BCUT2D eigenvalue weighted by Crippen LogP contribution is -2.41. The average molecular weight is 1330 g/mol. The first-order chi connectivity index (χ1) is 46.2. The van der Waals surface area contributed by atoms with Crippen LogP contribution in [0.1, 0.15) is 169 Å². The Balaban J connectivity index is 0.000000143. The number of aryl methyl sites for hydroxylation is 1. The van der Waals surface area contributed by atoms with E-state index in [1.54, 1.807) is 75.7 Å². The molecule has 12 aromatic heterocycles. The Morgan fingerprint density at radius 3 is 1.20 bits per heavy atom. The van der Waals surface area contributed by atoms with E-state index in [0.29, 0.717) is 80.4 Å². The van der Waals surface area contributed by atoms with Gasteiger partial charge in [-0.25, -0.2) is 34.9 Å². The third-order valence-corrected chi connectivity index (χ3v) is 16.7.